The summed E-state index contributed by atoms with van der Waals surface area (Å²) >= 11 is 0. The van der Waals surface area contributed by atoms with Crippen LogP contribution in [0.15, 0.2) is 47.1 Å². The Balaban J connectivity index is 2.54. The van der Waals surface area contributed by atoms with Gasteiger partial charge < -0.3 is 14.6 Å². The fourth-order valence-electron chi connectivity index (χ4n) is 2.57. The summed E-state index contributed by atoms with van der Waals surface area (Å²) in [7, 11) is 1.50. The zero-order chi connectivity index (χ0) is 20.2. The quantitative estimate of drug-likeness (QED) is 0.382. The van der Waals surface area contributed by atoms with Gasteiger partial charge in [0.2, 0.25) is 5.75 Å². The van der Waals surface area contributed by atoms with E-state index in [-0.39, 0.29) is 17.1 Å². The molecule has 0 heterocycles. The Morgan fingerprint density at radius 2 is 1.63 bits per heavy atom. The number of carbonyl (C=O) groups is 1. The van der Waals surface area contributed by atoms with Gasteiger partial charge in [0, 0.05) is 0 Å². The summed E-state index contributed by atoms with van der Waals surface area (Å²) in [5.41, 5.74) is 4.17. The molecule has 0 saturated carbocycles. The van der Waals surface area contributed by atoms with E-state index in [9.17, 15) is 9.90 Å². The van der Waals surface area contributed by atoms with Gasteiger partial charge in [-0.1, -0.05) is 28.9 Å². The predicted molar refractivity (Wildman–Crippen MR) is 111 cm³/mol. The van der Waals surface area contributed by atoms with Crippen molar-refractivity contribution in [1.29, 1.82) is 0 Å². The minimum atomic E-state index is -0.190. The second-order valence-corrected chi connectivity index (χ2v) is 6.92. The largest absolute Gasteiger partial charge is 0.504 e. The van der Waals surface area contributed by atoms with Gasteiger partial charge >= 0.3 is 0 Å². The van der Waals surface area contributed by atoms with Crippen molar-refractivity contribution in [1.82, 2.24) is 0 Å². The molecule has 1 N–H and O–H groups in total. The number of rotatable bonds is 11. The number of hydrogen-bond donors (Lipinski definition) is 1. The minimum Gasteiger partial charge on any atom is -0.504 e. The molecule has 0 atom stereocenters. The van der Waals surface area contributed by atoms with Crippen LogP contribution >= 0.6 is 0 Å². The fourth-order valence-corrected chi connectivity index (χ4v) is 2.57. The summed E-state index contributed by atoms with van der Waals surface area (Å²) in [6.07, 6.45) is 11.3. The van der Waals surface area contributed by atoms with Crippen LogP contribution < -0.4 is 9.47 Å². The highest BCUT2D eigenvalue weighted by atomic mass is 16.5. The number of allylic oxidation sites excluding steroid dienone is 5. The maximum absolute atomic E-state index is 11.0. The average Bonchev–Trinajstić information content (AvgIpc) is 2.62. The molecule has 1 rings (SSSR count). The van der Waals surface area contributed by atoms with Crippen LogP contribution in [0.3, 0.4) is 0 Å². The first-order chi connectivity index (χ1) is 12.9. The molecule has 27 heavy (non-hydrogen) atoms. The van der Waals surface area contributed by atoms with Crippen LogP contribution in [0.4, 0.5) is 0 Å². The first kappa shape index (κ1) is 22.6. The lowest BCUT2D eigenvalue weighted by molar-refractivity contribution is 0.112. The van der Waals surface area contributed by atoms with Gasteiger partial charge in [-0.2, -0.15) is 0 Å². The molecule has 0 bridgehead atoms. The van der Waals surface area contributed by atoms with Gasteiger partial charge in [-0.25, -0.2) is 0 Å². The number of phenols is 1. The van der Waals surface area contributed by atoms with Gasteiger partial charge in [0.05, 0.1) is 12.7 Å². The Labute approximate surface area is 163 Å². The van der Waals surface area contributed by atoms with Crippen LogP contribution in [-0.4, -0.2) is 25.1 Å². The molecule has 0 unspecified atom stereocenters. The molecule has 0 aliphatic carbocycles. The Kier molecular flexibility index (Phi) is 10.0. The SMILES string of the molecule is COc1ccc(C=O)c(O)c1OC/C=C(\C)CC/C=C(\C)CCC=C(C)C. The summed E-state index contributed by atoms with van der Waals surface area (Å²) < 4.78 is 10.8. The molecule has 1 aromatic rings. The summed E-state index contributed by atoms with van der Waals surface area (Å²) in [5, 5.41) is 10.1. The Morgan fingerprint density at radius 3 is 2.22 bits per heavy atom. The molecule has 0 spiro atoms. The van der Waals surface area contributed by atoms with Crippen molar-refractivity contribution in [2.24, 2.45) is 0 Å². The van der Waals surface area contributed by atoms with E-state index < -0.39 is 0 Å². The van der Waals surface area contributed by atoms with Gasteiger partial charge in [-0.3, -0.25) is 4.79 Å². The van der Waals surface area contributed by atoms with Crippen LogP contribution in [0, 0.1) is 0 Å². The topological polar surface area (TPSA) is 55.8 Å². The van der Waals surface area contributed by atoms with Crippen molar-refractivity contribution in [2.45, 2.75) is 53.4 Å². The van der Waals surface area contributed by atoms with Gasteiger partial charge in [0.15, 0.2) is 17.8 Å². The third kappa shape index (κ3) is 8.16. The monoisotopic (exact) mass is 372 g/mol. The van der Waals surface area contributed by atoms with E-state index in [0.29, 0.717) is 18.6 Å². The Bertz CT molecular complexity index is 707. The minimum absolute atomic E-state index is 0.181. The Hall–Kier alpha value is -2.49. The van der Waals surface area contributed by atoms with Crippen LogP contribution in [0.2, 0.25) is 0 Å². The molecule has 0 fully saturated rings. The van der Waals surface area contributed by atoms with Crippen molar-refractivity contribution in [3.8, 4) is 17.2 Å². The van der Waals surface area contributed by atoms with Crippen molar-refractivity contribution in [3.63, 3.8) is 0 Å². The lowest BCUT2D eigenvalue weighted by atomic mass is 10.1. The lowest BCUT2D eigenvalue weighted by Gasteiger charge is -2.12. The van der Waals surface area contributed by atoms with Crippen LogP contribution in [0.1, 0.15) is 63.7 Å². The lowest BCUT2D eigenvalue weighted by Crippen LogP contribution is -1.99. The van der Waals surface area contributed by atoms with Crippen LogP contribution in [-0.2, 0) is 0 Å². The molecule has 0 aliphatic rings. The fraction of sp³-hybridized carbons (Fsp3) is 0.435. The van der Waals surface area contributed by atoms with Crippen molar-refractivity contribution < 1.29 is 19.4 Å². The van der Waals surface area contributed by atoms with Crippen LogP contribution in [0.5, 0.6) is 17.2 Å². The van der Waals surface area contributed by atoms with Gasteiger partial charge in [-0.15, -0.1) is 0 Å². The summed E-state index contributed by atoms with van der Waals surface area (Å²) in [5.74, 6) is 0.408. The highest BCUT2D eigenvalue weighted by Gasteiger charge is 2.14. The van der Waals surface area contributed by atoms with E-state index in [1.807, 2.05) is 6.08 Å². The van der Waals surface area contributed by atoms with E-state index in [1.165, 1.54) is 29.9 Å². The summed E-state index contributed by atoms with van der Waals surface area (Å²) in [4.78, 5) is 11.0. The number of ether oxygens (including phenoxy) is 2. The average molecular weight is 373 g/mol. The maximum atomic E-state index is 11.0. The van der Waals surface area contributed by atoms with Crippen LogP contribution in [0.25, 0.3) is 0 Å². The summed E-state index contributed by atoms with van der Waals surface area (Å²) in [6, 6.07) is 3.11. The molecule has 0 aromatic heterocycles. The number of phenolic OH excluding ortho intramolecular Hbond substituents is 1. The molecule has 148 valence electrons. The maximum Gasteiger partial charge on any atom is 0.204 e. The number of benzene rings is 1. The first-order valence-corrected chi connectivity index (χ1v) is 9.31. The zero-order valence-electron chi connectivity index (χ0n) is 17.2. The standard InChI is InChI=1S/C23H32O4/c1-17(2)8-6-9-18(3)10-7-11-19(4)14-15-27-23-21(26-5)13-12-20(16-24)22(23)25/h8,10,12-14,16,25H,6-7,9,11,15H2,1-5H3/b18-10+,19-14+. The molecular formula is C23H32O4. The van der Waals surface area contributed by atoms with Crippen molar-refractivity contribution >= 4 is 6.29 Å². The summed E-state index contributed by atoms with van der Waals surface area (Å²) in [6.45, 7) is 8.80. The van der Waals surface area contributed by atoms with E-state index >= 15 is 0 Å². The second kappa shape index (κ2) is 12.0. The van der Waals surface area contributed by atoms with Gasteiger partial charge in [0.1, 0.15) is 6.61 Å². The number of methoxy groups -OCH3 is 1. The van der Waals surface area contributed by atoms with Crippen molar-refractivity contribution in [2.75, 3.05) is 13.7 Å². The zero-order valence-corrected chi connectivity index (χ0v) is 17.2. The normalized spacial score (nSPS) is 11.9. The first-order valence-electron chi connectivity index (χ1n) is 9.31. The number of aldehydes is 1. The molecule has 4 heteroatoms. The highest BCUT2D eigenvalue weighted by Crippen LogP contribution is 2.38. The molecule has 1 aromatic carbocycles. The Morgan fingerprint density at radius 1 is 1.00 bits per heavy atom. The molecule has 0 radical (unpaired) electrons. The van der Waals surface area contributed by atoms with E-state index in [0.717, 1.165) is 25.7 Å². The molecule has 0 saturated heterocycles. The molecule has 4 nitrogen and oxygen atoms in total. The van der Waals surface area contributed by atoms with E-state index in [2.05, 4.69) is 39.8 Å². The number of aromatic hydroxyl groups is 1. The smallest absolute Gasteiger partial charge is 0.204 e. The second-order valence-electron chi connectivity index (χ2n) is 6.92. The molecular weight excluding hydrogens is 340 g/mol. The molecule has 0 amide bonds. The third-order valence-corrected chi connectivity index (χ3v) is 4.26. The van der Waals surface area contributed by atoms with E-state index in [4.69, 9.17) is 9.47 Å². The van der Waals surface area contributed by atoms with Gasteiger partial charge in [0.25, 0.3) is 0 Å². The molecule has 0 aliphatic heterocycles. The number of carbonyl (C=O) groups excluding carboxylic acids is 1. The van der Waals surface area contributed by atoms with Crippen molar-refractivity contribution in [3.05, 3.63) is 52.6 Å². The highest BCUT2D eigenvalue weighted by molar-refractivity contribution is 5.82. The number of hydrogen-bond acceptors (Lipinski definition) is 4. The van der Waals surface area contributed by atoms with Gasteiger partial charge in [-0.05, 0) is 71.6 Å². The predicted octanol–water partition coefficient (Wildman–Crippen LogP) is 6.01. The van der Waals surface area contributed by atoms with E-state index in [1.54, 1.807) is 6.07 Å². The third-order valence-electron chi connectivity index (χ3n) is 4.26.